The molecule has 0 nitrogen and oxygen atoms in total. The van der Waals surface area contributed by atoms with Crippen molar-refractivity contribution in [2.75, 3.05) is 0 Å². The summed E-state index contributed by atoms with van der Waals surface area (Å²) in [4.78, 5) is 0. The Kier molecular flexibility index (Phi) is 1.85. The molecule has 0 bridgehead atoms. The van der Waals surface area contributed by atoms with Crippen molar-refractivity contribution < 1.29 is 0 Å². The molecule has 2 aliphatic rings. The van der Waals surface area contributed by atoms with Crippen LogP contribution in [-0.2, 0) is 0 Å². The fraction of sp³-hybridized carbons (Fsp3) is 0.636. The molecule has 0 aromatic heterocycles. The normalized spacial score (nSPS) is 24.1. The Labute approximate surface area is 69.0 Å². The van der Waals surface area contributed by atoms with Gasteiger partial charge >= 0.3 is 0 Å². The van der Waals surface area contributed by atoms with Gasteiger partial charge < -0.3 is 0 Å². The molecule has 2 aliphatic carbocycles. The van der Waals surface area contributed by atoms with Gasteiger partial charge in [0.1, 0.15) is 0 Å². The van der Waals surface area contributed by atoms with Crippen LogP contribution >= 0.6 is 0 Å². The van der Waals surface area contributed by atoms with Gasteiger partial charge in [0, 0.05) is 0 Å². The molecular weight excluding hydrogens is 132 g/mol. The summed E-state index contributed by atoms with van der Waals surface area (Å²) in [5.41, 5.74) is 1.75. The molecule has 2 saturated carbocycles. The first kappa shape index (κ1) is 7.15. The molecule has 0 saturated heterocycles. The molecule has 2 fully saturated rings. The number of hydrogen-bond acceptors (Lipinski definition) is 0. The van der Waals surface area contributed by atoms with E-state index in [1.54, 1.807) is 5.57 Å². The Morgan fingerprint density at radius 3 is 2.00 bits per heavy atom. The highest BCUT2D eigenvalue weighted by Crippen LogP contribution is 2.48. The van der Waals surface area contributed by atoms with E-state index in [1.807, 2.05) is 0 Å². The predicted molar refractivity (Wildman–Crippen MR) is 48.3 cm³/mol. The number of allylic oxidation sites excluding steroid dienone is 4. The molecule has 0 aliphatic heterocycles. The first-order valence-electron chi connectivity index (χ1n) is 4.74. The monoisotopic (exact) mass is 148 g/mol. The summed E-state index contributed by atoms with van der Waals surface area (Å²) in [5, 5.41) is 0. The van der Waals surface area contributed by atoms with Crippen molar-refractivity contribution in [3.8, 4) is 0 Å². The van der Waals surface area contributed by atoms with E-state index in [0.717, 1.165) is 11.8 Å². The molecule has 0 amide bonds. The molecule has 0 unspecified atom stereocenters. The van der Waals surface area contributed by atoms with Crippen LogP contribution in [0.2, 0.25) is 0 Å². The van der Waals surface area contributed by atoms with E-state index in [9.17, 15) is 0 Å². The maximum atomic E-state index is 2.36. The largest absolute Gasteiger partial charge is 0.0877 e. The van der Waals surface area contributed by atoms with E-state index in [2.05, 4.69) is 25.2 Å². The van der Waals surface area contributed by atoms with Crippen LogP contribution in [0.1, 0.15) is 32.6 Å². The summed E-state index contributed by atoms with van der Waals surface area (Å²) in [5.74, 6) is 1.97. The van der Waals surface area contributed by atoms with E-state index in [1.165, 1.54) is 25.7 Å². The molecule has 0 spiro atoms. The van der Waals surface area contributed by atoms with Crippen LogP contribution in [0.5, 0.6) is 0 Å². The molecule has 0 atom stereocenters. The number of hydrogen-bond donors (Lipinski definition) is 0. The smallest absolute Gasteiger partial charge is 0.0197 e. The summed E-state index contributed by atoms with van der Waals surface area (Å²) in [6.07, 6.45) is 12.5. The van der Waals surface area contributed by atoms with Gasteiger partial charge in [0.05, 0.1) is 0 Å². The van der Waals surface area contributed by atoms with Crippen LogP contribution in [0, 0.1) is 11.8 Å². The highest BCUT2D eigenvalue weighted by molar-refractivity contribution is 5.24. The molecule has 0 N–H and O–H groups in total. The van der Waals surface area contributed by atoms with Gasteiger partial charge in [-0.05, 0) is 44.4 Å². The first-order valence-corrected chi connectivity index (χ1v) is 4.74. The third-order valence-electron chi connectivity index (χ3n) is 2.58. The molecule has 0 aromatic rings. The van der Waals surface area contributed by atoms with Crippen molar-refractivity contribution in [2.45, 2.75) is 32.6 Å². The fourth-order valence-corrected chi connectivity index (χ4v) is 1.65. The summed E-state index contributed by atoms with van der Waals surface area (Å²) < 4.78 is 0. The summed E-state index contributed by atoms with van der Waals surface area (Å²) in [6, 6.07) is 0. The Morgan fingerprint density at radius 1 is 1.09 bits per heavy atom. The third-order valence-corrected chi connectivity index (χ3v) is 2.58. The molecule has 11 heavy (non-hydrogen) atoms. The maximum Gasteiger partial charge on any atom is -0.0197 e. The number of rotatable bonds is 3. The quantitative estimate of drug-likeness (QED) is 0.539. The van der Waals surface area contributed by atoms with Crippen molar-refractivity contribution in [3.63, 3.8) is 0 Å². The second kappa shape index (κ2) is 2.84. The highest BCUT2D eigenvalue weighted by atomic mass is 14.4. The van der Waals surface area contributed by atoms with Gasteiger partial charge in [-0.15, -0.1) is 0 Å². The Morgan fingerprint density at radius 2 is 1.64 bits per heavy atom. The van der Waals surface area contributed by atoms with Crippen LogP contribution < -0.4 is 0 Å². The Balaban J connectivity index is 2.01. The Hall–Kier alpha value is -0.520. The van der Waals surface area contributed by atoms with Crippen molar-refractivity contribution >= 4 is 0 Å². The minimum Gasteiger partial charge on any atom is -0.0877 e. The van der Waals surface area contributed by atoms with Gasteiger partial charge in [-0.2, -0.15) is 0 Å². The standard InChI is InChI=1S/C11H16/c1-2-3-4-11(9-5-6-9)10-7-8-10/h2-4,9-10H,5-8H2,1H3. The van der Waals surface area contributed by atoms with E-state index >= 15 is 0 Å². The van der Waals surface area contributed by atoms with E-state index in [0.29, 0.717) is 0 Å². The van der Waals surface area contributed by atoms with Gasteiger partial charge in [-0.1, -0.05) is 23.8 Å². The average molecular weight is 148 g/mol. The predicted octanol–water partition coefficient (Wildman–Crippen LogP) is 3.31. The average Bonchev–Trinajstić information content (AvgIpc) is 2.85. The van der Waals surface area contributed by atoms with Crippen LogP contribution in [-0.4, -0.2) is 0 Å². The lowest BCUT2D eigenvalue weighted by Gasteiger charge is -1.99. The lowest BCUT2D eigenvalue weighted by molar-refractivity contribution is 0.857. The summed E-state index contributed by atoms with van der Waals surface area (Å²) in [7, 11) is 0. The van der Waals surface area contributed by atoms with Crippen molar-refractivity contribution in [2.24, 2.45) is 11.8 Å². The van der Waals surface area contributed by atoms with Crippen molar-refractivity contribution in [1.82, 2.24) is 0 Å². The lowest BCUT2D eigenvalue weighted by atomic mass is 10.1. The summed E-state index contributed by atoms with van der Waals surface area (Å²) in [6.45, 7) is 2.09. The molecule has 60 valence electrons. The lowest BCUT2D eigenvalue weighted by Crippen LogP contribution is -1.86. The highest BCUT2D eigenvalue weighted by Gasteiger charge is 2.35. The first-order chi connectivity index (χ1) is 5.42. The van der Waals surface area contributed by atoms with Crippen LogP contribution in [0.15, 0.2) is 23.8 Å². The van der Waals surface area contributed by atoms with Crippen LogP contribution in [0.3, 0.4) is 0 Å². The third kappa shape index (κ3) is 1.74. The van der Waals surface area contributed by atoms with Gasteiger partial charge in [-0.25, -0.2) is 0 Å². The molecule has 0 radical (unpaired) electrons. The van der Waals surface area contributed by atoms with Crippen LogP contribution in [0.25, 0.3) is 0 Å². The van der Waals surface area contributed by atoms with E-state index in [-0.39, 0.29) is 0 Å². The van der Waals surface area contributed by atoms with Gasteiger partial charge in [0.25, 0.3) is 0 Å². The minimum absolute atomic E-state index is 0.985. The van der Waals surface area contributed by atoms with Crippen molar-refractivity contribution in [1.29, 1.82) is 0 Å². The summed E-state index contributed by atoms with van der Waals surface area (Å²) >= 11 is 0. The topological polar surface area (TPSA) is 0 Å². The molecule has 0 heteroatoms. The van der Waals surface area contributed by atoms with Crippen molar-refractivity contribution in [3.05, 3.63) is 23.8 Å². The van der Waals surface area contributed by atoms with E-state index in [4.69, 9.17) is 0 Å². The second-order valence-corrected chi connectivity index (χ2v) is 3.74. The Bertz CT molecular complexity index is 176. The minimum atomic E-state index is 0.985. The van der Waals surface area contributed by atoms with Gasteiger partial charge in [0.2, 0.25) is 0 Å². The second-order valence-electron chi connectivity index (χ2n) is 3.74. The molecule has 0 aromatic carbocycles. The zero-order chi connectivity index (χ0) is 7.68. The van der Waals surface area contributed by atoms with E-state index < -0.39 is 0 Å². The fourth-order valence-electron chi connectivity index (χ4n) is 1.65. The zero-order valence-corrected chi connectivity index (χ0v) is 7.22. The molecular formula is C11H16. The zero-order valence-electron chi connectivity index (χ0n) is 7.22. The van der Waals surface area contributed by atoms with Crippen LogP contribution in [0.4, 0.5) is 0 Å². The van der Waals surface area contributed by atoms with Gasteiger partial charge in [-0.3, -0.25) is 0 Å². The molecule has 0 heterocycles. The van der Waals surface area contributed by atoms with Gasteiger partial charge in [0.15, 0.2) is 0 Å². The SMILES string of the molecule is CC=CC=C(C1CC1)C1CC1. The molecule has 2 rings (SSSR count). The maximum absolute atomic E-state index is 2.36.